The molecular weight excluding hydrogens is 192 g/mol. The first-order chi connectivity index (χ1) is 7.30. The molecule has 0 radical (unpaired) electrons. The van der Waals surface area contributed by atoms with Crippen LogP contribution in [0, 0.1) is 59.2 Å². The first-order valence-corrected chi connectivity index (χ1v) is 6.06. The molecule has 6 saturated carbocycles. The van der Waals surface area contributed by atoms with Crippen LogP contribution in [0.25, 0.3) is 0 Å². The van der Waals surface area contributed by atoms with Crippen LogP contribution in [0.3, 0.4) is 0 Å². The molecule has 10 atom stereocenters. The molecule has 6 aliphatic carbocycles. The second kappa shape index (κ2) is 1.48. The Labute approximate surface area is 86.2 Å². The normalized spacial score (nSPS) is 78.1. The molecule has 1 saturated heterocycles. The van der Waals surface area contributed by atoms with Gasteiger partial charge in [0.25, 0.3) is 0 Å². The monoisotopic (exact) mass is 202 g/mol. The van der Waals surface area contributed by atoms with E-state index < -0.39 is 0 Å². The Morgan fingerprint density at radius 1 is 0.600 bits per heavy atom. The van der Waals surface area contributed by atoms with Crippen LogP contribution in [-0.2, 0) is 14.3 Å². The summed E-state index contributed by atoms with van der Waals surface area (Å²) < 4.78 is 4.86. The van der Waals surface area contributed by atoms with Gasteiger partial charge in [0.05, 0.1) is 11.8 Å². The van der Waals surface area contributed by atoms with Gasteiger partial charge in [-0.1, -0.05) is 0 Å². The third-order valence-corrected chi connectivity index (χ3v) is 6.85. The van der Waals surface area contributed by atoms with Gasteiger partial charge >= 0.3 is 11.9 Å². The van der Waals surface area contributed by atoms with Gasteiger partial charge in [-0.25, -0.2) is 0 Å². The van der Waals surface area contributed by atoms with E-state index in [0.29, 0.717) is 11.8 Å². The molecule has 0 aromatic carbocycles. The quantitative estimate of drug-likeness (QED) is 0.419. The fraction of sp³-hybridized carbons (Fsp3) is 0.833. The lowest BCUT2D eigenvalue weighted by Crippen LogP contribution is -2.92. The number of rotatable bonds is 0. The predicted octanol–water partition coefficient (Wildman–Crippen LogP) is 0.300. The van der Waals surface area contributed by atoms with Gasteiger partial charge in [0.2, 0.25) is 0 Å². The van der Waals surface area contributed by atoms with Crippen molar-refractivity contribution < 1.29 is 14.3 Å². The Morgan fingerprint density at radius 2 is 0.933 bits per heavy atom. The van der Waals surface area contributed by atoms with Crippen molar-refractivity contribution >= 4 is 11.9 Å². The van der Waals surface area contributed by atoms with Crippen LogP contribution >= 0.6 is 0 Å². The lowest BCUT2D eigenvalue weighted by Gasteiger charge is -2.94. The second-order valence-electron chi connectivity index (χ2n) is 6.41. The Hall–Kier alpha value is -0.860. The molecule has 0 amide bonds. The van der Waals surface area contributed by atoms with Gasteiger partial charge in [0.15, 0.2) is 0 Å². The van der Waals surface area contributed by atoms with Crippen molar-refractivity contribution in [3.8, 4) is 0 Å². The Morgan fingerprint density at radius 3 is 1.33 bits per heavy atom. The predicted molar refractivity (Wildman–Crippen MR) is 46.0 cm³/mol. The van der Waals surface area contributed by atoms with Crippen molar-refractivity contribution in [3.05, 3.63) is 0 Å². The fourth-order valence-corrected chi connectivity index (χ4v) is 6.83. The molecule has 7 rings (SSSR count). The van der Waals surface area contributed by atoms with E-state index in [1.807, 2.05) is 0 Å². The number of hydrogen-bond donors (Lipinski definition) is 0. The van der Waals surface area contributed by atoms with Gasteiger partial charge < -0.3 is 4.74 Å². The number of hydrogen-bond acceptors (Lipinski definition) is 3. The van der Waals surface area contributed by atoms with E-state index in [1.165, 1.54) is 0 Å². The number of ether oxygens (including phenoxy) is 1. The maximum atomic E-state index is 11.7. The maximum Gasteiger partial charge on any atom is 0.317 e. The summed E-state index contributed by atoms with van der Waals surface area (Å²) in [5.74, 6) is 5.99. The number of carbonyl (C=O) groups excluding carboxylic acids is 2. The molecule has 7 aliphatic rings. The molecule has 15 heavy (non-hydrogen) atoms. The lowest BCUT2D eigenvalue weighted by atomic mass is 9.09. The highest BCUT2D eigenvalue weighted by Crippen LogP contribution is 2.93. The van der Waals surface area contributed by atoms with E-state index in [2.05, 4.69) is 0 Å². The Bertz CT molecular complexity index is 407. The zero-order valence-corrected chi connectivity index (χ0v) is 8.00. The van der Waals surface area contributed by atoms with Gasteiger partial charge in [-0.2, -0.15) is 0 Å². The average molecular weight is 202 g/mol. The average Bonchev–Trinajstić information content (AvgIpc) is 2.42. The molecule has 4 unspecified atom stereocenters. The number of cyclic esters (lactones) is 2. The zero-order chi connectivity index (χ0) is 9.64. The van der Waals surface area contributed by atoms with Crippen LogP contribution in [0.15, 0.2) is 0 Å². The summed E-state index contributed by atoms with van der Waals surface area (Å²) in [5, 5.41) is 0. The van der Waals surface area contributed by atoms with Gasteiger partial charge in [-0.15, -0.1) is 0 Å². The molecule has 1 aliphatic heterocycles. The van der Waals surface area contributed by atoms with E-state index in [-0.39, 0.29) is 23.8 Å². The van der Waals surface area contributed by atoms with Crippen LogP contribution in [-0.4, -0.2) is 11.9 Å². The van der Waals surface area contributed by atoms with Gasteiger partial charge in [0.1, 0.15) is 0 Å². The van der Waals surface area contributed by atoms with E-state index >= 15 is 0 Å². The third kappa shape index (κ3) is 0.362. The van der Waals surface area contributed by atoms with Crippen molar-refractivity contribution in [2.45, 2.75) is 0 Å². The van der Waals surface area contributed by atoms with E-state index in [4.69, 9.17) is 4.74 Å². The minimum absolute atomic E-state index is 0.0116. The third-order valence-electron chi connectivity index (χ3n) is 6.85. The molecule has 7 fully saturated rings. The summed E-state index contributed by atoms with van der Waals surface area (Å²) in [6.45, 7) is 0. The first-order valence-electron chi connectivity index (χ1n) is 6.06. The van der Waals surface area contributed by atoms with Gasteiger partial charge in [-0.05, 0) is 47.3 Å². The highest BCUT2D eigenvalue weighted by atomic mass is 16.6. The zero-order valence-electron chi connectivity index (χ0n) is 8.00. The SMILES string of the molecule is O=C1OC(=O)[C@H]2C3[C@@H]4C5C6[C@@H]4C([C@H]6[C@@H]53)[C@H]12. The van der Waals surface area contributed by atoms with Crippen molar-refractivity contribution in [1.82, 2.24) is 0 Å². The molecule has 1 heterocycles. The summed E-state index contributed by atoms with van der Waals surface area (Å²) in [6, 6.07) is 0. The van der Waals surface area contributed by atoms with Gasteiger partial charge in [0, 0.05) is 0 Å². The number of carbonyl (C=O) groups is 2. The van der Waals surface area contributed by atoms with Crippen molar-refractivity contribution in [3.63, 3.8) is 0 Å². The first kappa shape index (κ1) is 6.66. The van der Waals surface area contributed by atoms with Crippen LogP contribution < -0.4 is 0 Å². The van der Waals surface area contributed by atoms with Crippen molar-refractivity contribution in [1.29, 1.82) is 0 Å². The fourth-order valence-electron chi connectivity index (χ4n) is 6.83. The molecule has 2 bridgehead atoms. The van der Waals surface area contributed by atoms with E-state index in [1.54, 1.807) is 0 Å². The molecule has 0 aromatic rings. The topological polar surface area (TPSA) is 43.4 Å². The lowest BCUT2D eigenvalue weighted by molar-refractivity contribution is -0.475. The smallest absolute Gasteiger partial charge is 0.317 e. The van der Waals surface area contributed by atoms with Crippen LogP contribution in [0.4, 0.5) is 0 Å². The van der Waals surface area contributed by atoms with Crippen molar-refractivity contribution in [2.24, 2.45) is 59.2 Å². The second-order valence-corrected chi connectivity index (χ2v) is 6.41. The maximum absolute atomic E-state index is 11.7. The summed E-state index contributed by atoms with van der Waals surface area (Å²) in [5.41, 5.74) is 0. The number of esters is 2. The molecule has 0 N–H and O–H groups in total. The van der Waals surface area contributed by atoms with Crippen molar-refractivity contribution in [2.75, 3.05) is 0 Å². The van der Waals surface area contributed by atoms with Crippen LogP contribution in [0.1, 0.15) is 0 Å². The van der Waals surface area contributed by atoms with Gasteiger partial charge in [-0.3, -0.25) is 9.59 Å². The summed E-state index contributed by atoms with van der Waals surface area (Å²) in [7, 11) is 0. The molecular formula is C12H10O3. The molecule has 0 spiro atoms. The summed E-state index contributed by atoms with van der Waals surface area (Å²) in [4.78, 5) is 23.3. The van der Waals surface area contributed by atoms with Crippen LogP contribution in [0.2, 0.25) is 0 Å². The highest BCUT2D eigenvalue weighted by molar-refractivity contribution is 5.98. The molecule has 3 nitrogen and oxygen atoms in total. The molecule has 0 aromatic heterocycles. The summed E-state index contributed by atoms with van der Waals surface area (Å²) in [6.07, 6.45) is 0. The summed E-state index contributed by atoms with van der Waals surface area (Å²) >= 11 is 0. The highest BCUT2D eigenvalue weighted by Gasteiger charge is 2.93. The standard InChI is InChI=1S/C12H10O3/c13-11-9-7-3-1-2-5(3)8(6(2)4(1)7)10(9)12(14)15-11/h1-10H/t1?,2?,3-,4-,5-,6+,7?,8?,9+,10+/m1/s1. The Balaban J connectivity index is 1.60. The minimum atomic E-state index is -0.189. The van der Waals surface area contributed by atoms with E-state index in [0.717, 1.165) is 35.5 Å². The van der Waals surface area contributed by atoms with E-state index in [9.17, 15) is 9.59 Å². The minimum Gasteiger partial charge on any atom is -0.393 e. The molecule has 76 valence electrons. The Kier molecular flexibility index (Phi) is 0.659. The molecule has 3 heteroatoms. The largest absolute Gasteiger partial charge is 0.393 e. The van der Waals surface area contributed by atoms with Crippen LogP contribution in [0.5, 0.6) is 0 Å².